The first-order valence-corrected chi connectivity index (χ1v) is 10.2. The zero-order valence-corrected chi connectivity index (χ0v) is 16.6. The molecule has 0 saturated carbocycles. The molecule has 2 heteroatoms. The summed E-state index contributed by atoms with van der Waals surface area (Å²) in [6.45, 7) is 1.09. The lowest BCUT2D eigenvalue weighted by molar-refractivity contribution is 0.306. The Morgan fingerprint density at radius 3 is 1.80 bits per heavy atom. The molecule has 0 fully saturated rings. The van der Waals surface area contributed by atoms with Gasteiger partial charge in [0.25, 0.3) is 0 Å². The van der Waals surface area contributed by atoms with Crippen molar-refractivity contribution in [2.75, 3.05) is 0 Å². The summed E-state index contributed by atoms with van der Waals surface area (Å²) in [5, 5.41) is 4.49. The van der Waals surface area contributed by atoms with E-state index in [4.69, 9.17) is 9.47 Å². The van der Waals surface area contributed by atoms with Gasteiger partial charge in [0.15, 0.2) is 0 Å². The molecule has 0 aliphatic rings. The van der Waals surface area contributed by atoms with Crippen molar-refractivity contribution in [3.8, 4) is 11.5 Å². The van der Waals surface area contributed by atoms with Crippen molar-refractivity contribution in [3.63, 3.8) is 0 Å². The zero-order chi connectivity index (χ0) is 20.2. The second-order valence-electron chi connectivity index (χ2n) is 7.36. The fourth-order valence-electron chi connectivity index (χ4n) is 3.73. The van der Waals surface area contributed by atoms with Gasteiger partial charge in [-0.1, -0.05) is 84.9 Å². The number of benzene rings is 5. The Hall–Kier alpha value is -3.78. The van der Waals surface area contributed by atoms with Gasteiger partial charge in [0.1, 0.15) is 24.7 Å². The van der Waals surface area contributed by atoms with E-state index in [2.05, 4.69) is 66.7 Å². The molecule has 0 amide bonds. The summed E-state index contributed by atoms with van der Waals surface area (Å²) < 4.78 is 12.4. The van der Waals surface area contributed by atoms with Crippen molar-refractivity contribution < 1.29 is 9.47 Å². The van der Waals surface area contributed by atoms with E-state index in [-0.39, 0.29) is 0 Å². The van der Waals surface area contributed by atoms with Gasteiger partial charge in [-0.25, -0.2) is 0 Å². The molecule has 0 aromatic heterocycles. The highest BCUT2D eigenvalue weighted by Gasteiger charge is 2.10. The molecule has 0 atom stereocenters. The third-order valence-corrected chi connectivity index (χ3v) is 5.26. The average molecular weight is 390 g/mol. The normalized spacial score (nSPS) is 10.9. The lowest BCUT2D eigenvalue weighted by atomic mass is 10.0. The van der Waals surface area contributed by atoms with Gasteiger partial charge in [0.05, 0.1) is 0 Å². The molecular formula is C28H22O2. The highest BCUT2D eigenvalue weighted by Crippen LogP contribution is 2.37. The predicted molar refractivity (Wildman–Crippen MR) is 123 cm³/mol. The van der Waals surface area contributed by atoms with Gasteiger partial charge in [-0.15, -0.1) is 0 Å². The number of hydrogen-bond acceptors (Lipinski definition) is 2. The summed E-state index contributed by atoms with van der Waals surface area (Å²) in [6.07, 6.45) is 0. The second kappa shape index (κ2) is 8.30. The third kappa shape index (κ3) is 3.85. The van der Waals surface area contributed by atoms with Gasteiger partial charge >= 0.3 is 0 Å². The first kappa shape index (κ1) is 18.3. The summed E-state index contributed by atoms with van der Waals surface area (Å²) in [5.41, 5.74) is 2.31. The van der Waals surface area contributed by atoms with Crippen LogP contribution in [0.5, 0.6) is 11.5 Å². The van der Waals surface area contributed by atoms with Crippen molar-refractivity contribution in [2.24, 2.45) is 0 Å². The van der Waals surface area contributed by atoms with E-state index in [0.717, 1.165) is 44.2 Å². The average Bonchev–Trinajstić information content (AvgIpc) is 2.81. The van der Waals surface area contributed by atoms with Gasteiger partial charge in [-0.3, -0.25) is 0 Å². The molecule has 0 bridgehead atoms. The molecule has 5 aromatic rings. The third-order valence-electron chi connectivity index (χ3n) is 5.26. The SMILES string of the molecule is c1ccc(COc2ccc3c(OCc4ccccc4)c4ccccc4cc3c2)cc1. The van der Waals surface area contributed by atoms with Gasteiger partial charge < -0.3 is 9.47 Å². The molecule has 0 unspecified atom stereocenters. The van der Waals surface area contributed by atoms with Crippen LogP contribution < -0.4 is 9.47 Å². The van der Waals surface area contributed by atoms with E-state index in [9.17, 15) is 0 Å². The second-order valence-corrected chi connectivity index (χ2v) is 7.36. The minimum Gasteiger partial charge on any atom is -0.489 e. The van der Waals surface area contributed by atoms with Gasteiger partial charge in [-0.2, -0.15) is 0 Å². The molecule has 2 nitrogen and oxygen atoms in total. The maximum atomic E-state index is 6.35. The van der Waals surface area contributed by atoms with E-state index in [1.54, 1.807) is 0 Å². The lowest BCUT2D eigenvalue weighted by Gasteiger charge is -2.14. The van der Waals surface area contributed by atoms with E-state index >= 15 is 0 Å². The van der Waals surface area contributed by atoms with Crippen molar-refractivity contribution in [2.45, 2.75) is 13.2 Å². The Labute approximate surface area is 176 Å². The monoisotopic (exact) mass is 390 g/mol. The van der Waals surface area contributed by atoms with Crippen molar-refractivity contribution in [1.82, 2.24) is 0 Å². The predicted octanol–water partition coefficient (Wildman–Crippen LogP) is 7.15. The van der Waals surface area contributed by atoms with Gasteiger partial charge in [0, 0.05) is 10.8 Å². The Morgan fingerprint density at radius 1 is 0.467 bits per heavy atom. The molecule has 0 N–H and O–H groups in total. The van der Waals surface area contributed by atoms with Crippen LogP contribution in [-0.2, 0) is 13.2 Å². The van der Waals surface area contributed by atoms with Crippen molar-refractivity contribution >= 4 is 21.5 Å². The lowest BCUT2D eigenvalue weighted by Crippen LogP contribution is -1.98. The molecule has 0 radical (unpaired) electrons. The van der Waals surface area contributed by atoms with E-state index < -0.39 is 0 Å². The standard InChI is InChI=1S/C28H22O2/c1-3-9-21(10-4-1)19-29-25-15-16-27-24(18-25)17-23-13-7-8-14-26(23)28(27)30-20-22-11-5-2-6-12-22/h1-18H,19-20H2. The van der Waals surface area contributed by atoms with Crippen LogP contribution >= 0.6 is 0 Å². The Kier molecular flexibility index (Phi) is 5.05. The molecule has 0 heterocycles. The van der Waals surface area contributed by atoms with Crippen LogP contribution in [0.15, 0.2) is 109 Å². The van der Waals surface area contributed by atoms with Gasteiger partial charge in [0.2, 0.25) is 0 Å². The minimum atomic E-state index is 0.538. The number of rotatable bonds is 6. The van der Waals surface area contributed by atoms with E-state index in [0.29, 0.717) is 13.2 Å². The summed E-state index contributed by atoms with van der Waals surface area (Å²) in [5.74, 6) is 1.78. The largest absolute Gasteiger partial charge is 0.489 e. The van der Waals surface area contributed by atoms with Crippen LogP contribution in [0, 0.1) is 0 Å². The molecule has 5 rings (SSSR count). The van der Waals surface area contributed by atoms with Crippen LogP contribution in [0.2, 0.25) is 0 Å². The quantitative estimate of drug-likeness (QED) is 0.287. The number of hydrogen-bond donors (Lipinski definition) is 0. The number of fused-ring (bicyclic) bond motifs is 2. The summed E-state index contributed by atoms with van der Waals surface area (Å²) >= 11 is 0. The van der Waals surface area contributed by atoms with Crippen LogP contribution in [0.4, 0.5) is 0 Å². The molecule has 30 heavy (non-hydrogen) atoms. The Balaban J connectivity index is 1.50. The molecule has 0 aliphatic carbocycles. The van der Waals surface area contributed by atoms with Crippen LogP contribution in [-0.4, -0.2) is 0 Å². The molecular weight excluding hydrogens is 368 g/mol. The molecule has 146 valence electrons. The maximum absolute atomic E-state index is 6.35. The summed E-state index contributed by atoms with van der Waals surface area (Å²) in [6, 6.07) is 37.3. The minimum absolute atomic E-state index is 0.538. The van der Waals surface area contributed by atoms with E-state index in [1.165, 1.54) is 0 Å². The smallest absolute Gasteiger partial charge is 0.135 e. The Morgan fingerprint density at radius 2 is 1.07 bits per heavy atom. The van der Waals surface area contributed by atoms with Crippen molar-refractivity contribution in [1.29, 1.82) is 0 Å². The summed E-state index contributed by atoms with van der Waals surface area (Å²) in [7, 11) is 0. The highest BCUT2D eigenvalue weighted by molar-refractivity contribution is 6.05. The summed E-state index contributed by atoms with van der Waals surface area (Å²) in [4.78, 5) is 0. The van der Waals surface area contributed by atoms with Crippen LogP contribution in [0.1, 0.15) is 11.1 Å². The first-order valence-electron chi connectivity index (χ1n) is 10.2. The van der Waals surface area contributed by atoms with Crippen LogP contribution in [0.3, 0.4) is 0 Å². The molecule has 0 saturated heterocycles. The van der Waals surface area contributed by atoms with E-state index in [1.807, 2.05) is 42.5 Å². The molecule has 0 aliphatic heterocycles. The Bertz CT molecular complexity index is 1280. The first-order chi connectivity index (χ1) is 14.9. The maximum Gasteiger partial charge on any atom is 0.135 e. The fraction of sp³-hybridized carbons (Fsp3) is 0.0714. The molecule has 5 aromatic carbocycles. The fourth-order valence-corrected chi connectivity index (χ4v) is 3.73. The van der Waals surface area contributed by atoms with Crippen molar-refractivity contribution in [3.05, 3.63) is 120 Å². The number of ether oxygens (including phenoxy) is 2. The topological polar surface area (TPSA) is 18.5 Å². The van der Waals surface area contributed by atoms with Gasteiger partial charge in [-0.05, 0) is 46.2 Å². The molecule has 0 spiro atoms. The zero-order valence-electron chi connectivity index (χ0n) is 16.6. The highest BCUT2D eigenvalue weighted by atomic mass is 16.5. The van der Waals surface area contributed by atoms with Crippen LogP contribution in [0.25, 0.3) is 21.5 Å².